The number of carbonyl (C=O) groups excluding carboxylic acids is 2. The molecule has 0 amide bonds. The third-order valence-electron chi connectivity index (χ3n) is 3.38. The van der Waals surface area contributed by atoms with Gasteiger partial charge in [0.15, 0.2) is 5.16 Å². The first-order valence-electron chi connectivity index (χ1n) is 8.10. The molecule has 0 spiro atoms. The highest BCUT2D eigenvalue weighted by atomic mass is 32.2. The summed E-state index contributed by atoms with van der Waals surface area (Å²) in [5.74, 6) is -0.0932. The molecule has 1 aromatic rings. The van der Waals surface area contributed by atoms with E-state index in [0.29, 0.717) is 18.4 Å². The molecule has 0 N–H and O–H groups in total. The quantitative estimate of drug-likeness (QED) is 0.299. The van der Waals surface area contributed by atoms with E-state index in [0.717, 1.165) is 42.0 Å². The normalized spacial score (nSPS) is 13.2. The molecule has 0 radical (unpaired) electrons. The van der Waals surface area contributed by atoms with Gasteiger partial charge in [-0.25, -0.2) is 9.97 Å². The topological polar surface area (TPSA) is 78.4 Å². The van der Waals surface area contributed by atoms with Gasteiger partial charge in [-0.15, -0.1) is 0 Å². The molecule has 6 nitrogen and oxygen atoms in total. The summed E-state index contributed by atoms with van der Waals surface area (Å²) in [6, 6.07) is 0. The van der Waals surface area contributed by atoms with Crippen molar-refractivity contribution in [1.82, 2.24) is 9.97 Å². The minimum atomic E-state index is -0.274. The van der Waals surface area contributed by atoms with Crippen molar-refractivity contribution in [2.75, 3.05) is 24.7 Å². The van der Waals surface area contributed by atoms with Crippen LogP contribution in [0.2, 0.25) is 0 Å². The zero-order valence-corrected chi connectivity index (χ0v) is 15.6. The van der Waals surface area contributed by atoms with E-state index in [9.17, 15) is 9.59 Å². The molecule has 0 atom stereocenters. The SMILES string of the molecule is CCOC(=O)CSc1nc2c(c(SCC(=O)OCC)n1)CCCC2. The van der Waals surface area contributed by atoms with E-state index in [1.807, 2.05) is 0 Å². The molecule has 132 valence electrons. The van der Waals surface area contributed by atoms with E-state index in [4.69, 9.17) is 9.47 Å². The number of fused-ring (bicyclic) bond motifs is 1. The molecular weight excluding hydrogens is 348 g/mol. The molecule has 0 aliphatic heterocycles. The minimum absolute atomic E-state index is 0.189. The third-order valence-corrected chi connectivity index (χ3v) is 5.19. The molecule has 2 rings (SSSR count). The first-order valence-corrected chi connectivity index (χ1v) is 10.1. The fourth-order valence-electron chi connectivity index (χ4n) is 2.38. The number of nitrogens with zero attached hydrogens (tertiary/aromatic N) is 2. The Labute approximate surface area is 150 Å². The second-order valence-electron chi connectivity index (χ2n) is 5.13. The lowest BCUT2D eigenvalue weighted by Gasteiger charge is -2.18. The zero-order chi connectivity index (χ0) is 17.4. The molecule has 0 saturated heterocycles. The maximum absolute atomic E-state index is 11.6. The maximum Gasteiger partial charge on any atom is 0.316 e. The van der Waals surface area contributed by atoms with Gasteiger partial charge in [-0.05, 0) is 39.5 Å². The molecule has 1 aliphatic rings. The van der Waals surface area contributed by atoms with Crippen molar-refractivity contribution in [1.29, 1.82) is 0 Å². The molecule has 1 aromatic heterocycles. The lowest BCUT2D eigenvalue weighted by atomic mass is 9.98. The van der Waals surface area contributed by atoms with Gasteiger partial charge in [0.1, 0.15) is 5.03 Å². The molecule has 8 heteroatoms. The highest BCUT2D eigenvalue weighted by Gasteiger charge is 2.20. The number of rotatable bonds is 8. The molecule has 0 fully saturated rings. The molecular formula is C16H22N2O4S2. The number of ether oxygens (including phenoxy) is 2. The summed E-state index contributed by atoms with van der Waals surface area (Å²) < 4.78 is 9.90. The monoisotopic (exact) mass is 370 g/mol. The highest BCUT2D eigenvalue weighted by Crippen LogP contribution is 2.31. The number of hydrogen-bond donors (Lipinski definition) is 0. The summed E-state index contributed by atoms with van der Waals surface area (Å²) in [6.07, 6.45) is 4.06. The van der Waals surface area contributed by atoms with E-state index in [-0.39, 0.29) is 23.4 Å². The predicted molar refractivity (Wildman–Crippen MR) is 93.4 cm³/mol. The lowest BCUT2D eigenvalue weighted by Crippen LogP contribution is -2.13. The van der Waals surface area contributed by atoms with Gasteiger partial charge in [-0.3, -0.25) is 9.59 Å². The number of hydrogen-bond acceptors (Lipinski definition) is 8. The minimum Gasteiger partial charge on any atom is -0.465 e. The smallest absolute Gasteiger partial charge is 0.316 e. The molecule has 0 aromatic carbocycles. The van der Waals surface area contributed by atoms with Crippen LogP contribution in [-0.2, 0) is 31.9 Å². The van der Waals surface area contributed by atoms with Crippen LogP contribution in [0.5, 0.6) is 0 Å². The zero-order valence-electron chi connectivity index (χ0n) is 14.0. The van der Waals surface area contributed by atoms with Crippen LogP contribution in [0.1, 0.15) is 37.9 Å². The van der Waals surface area contributed by atoms with E-state index in [1.165, 1.54) is 23.5 Å². The van der Waals surface area contributed by atoms with Crippen molar-refractivity contribution >= 4 is 35.5 Å². The maximum atomic E-state index is 11.6. The lowest BCUT2D eigenvalue weighted by molar-refractivity contribution is -0.140. The standard InChI is InChI=1S/C16H22N2O4S2/c1-3-21-13(19)9-23-15-11-7-5-6-8-12(11)17-16(18-15)24-10-14(20)22-4-2/h3-10H2,1-2H3. The highest BCUT2D eigenvalue weighted by molar-refractivity contribution is 8.00. The van der Waals surface area contributed by atoms with Gasteiger partial charge >= 0.3 is 11.9 Å². The van der Waals surface area contributed by atoms with Crippen LogP contribution < -0.4 is 0 Å². The Morgan fingerprint density at radius 3 is 2.25 bits per heavy atom. The van der Waals surface area contributed by atoms with Crippen LogP contribution in [0.4, 0.5) is 0 Å². The number of aryl methyl sites for hydroxylation is 1. The summed E-state index contributed by atoms with van der Waals surface area (Å²) in [4.78, 5) is 32.2. The van der Waals surface area contributed by atoms with Gasteiger partial charge in [0, 0.05) is 11.3 Å². The Balaban J connectivity index is 2.10. The first kappa shape index (κ1) is 19.1. The van der Waals surface area contributed by atoms with Crippen molar-refractivity contribution in [3.63, 3.8) is 0 Å². The Bertz CT molecular complexity index is 596. The van der Waals surface area contributed by atoms with E-state index in [1.54, 1.807) is 13.8 Å². The van der Waals surface area contributed by atoms with E-state index < -0.39 is 0 Å². The summed E-state index contributed by atoms with van der Waals surface area (Å²) in [5, 5.41) is 1.40. The van der Waals surface area contributed by atoms with Crippen LogP contribution in [-0.4, -0.2) is 46.6 Å². The molecule has 24 heavy (non-hydrogen) atoms. The van der Waals surface area contributed by atoms with E-state index in [2.05, 4.69) is 9.97 Å². The molecule has 0 saturated carbocycles. The molecule has 0 unspecified atom stereocenters. The van der Waals surface area contributed by atoms with Gasteiger partial charge in [0.05, 0.1) is 24.7 Å². The van der Waals surface area contributed by atoms with Crippen LogP contribution in [0.3, 0.4) is 0 Å². The summed E-state index contributed by atoms with van der Waals surface area (Å²) in [5.41, 5.74) is 2.17. The van der Waals surface area contributed by atoms with Crippen LogP contribution >= 0.6 is 23.5 Å². The van der Waals surface area contributed by atoms with Crippen LogP contribution in [0.15, 0.2) is 10.2 Å². The molecule has 1 heterocycles. The van der Waals surface area contributed by atoms with Gasteiger partial charge in [0.2, 0.25) is 0 Å². The van der Waals surface area contributed by atoms with Crippen molar-refractivity contribution in [2.24, 2.45) is 0 Å². The summed E-state index contributed by atoms with van der Waals surface area (Å²) in [7, 11) is 0. The van der Waals surface area contributed by atoms with Gasteiger partial charge < -0.3 is 9.47 Å². The Kier molecular flexibility index (Phi) is 7.84. The number of esters is 2. The second kappa shape index (κ2) is 9.88. The molecule has 0 bridgehead atoms. The van der Waals surface area contributed by atoms with Crippen molar-refractivity contribution in [3.8, 4) is 0 Å². The van der Waals surface area contributed by atoms with Gasteiger partial charge in [-0.1, -0.05) is 23.5 Å². The first-order chi connectivity index (χ1) is 11.6. The largest absolute Gasteiger partial charge is 0.465 e. The average molecular weight is 370 g/mol. The fourth-order valence-corrected chi connectivity index (χ4v) is 3.98. The van der Waals surface area contributed by atoms with Crippen LogP contribution in [0.25, 0.3) is 0 Å². The predicted octanol–water partition coefficient (Wildman–Crippen LogP) is 2.67. The third kappa shape index (κ3) is 5.66. The van der Waals surface area contributed by atoms with Crippen LogP contribution in [0, 0.1) is 0 Å². The average Bonchev–Trinajstić information content (AvgIpc) is 2.58. The molecule has 1 aliphatic carbocycles. The Morgan fingerprint density at radius 1 is 0.958 bits per heavy atom. The summed E-state index contributed by atoms with van der Waals surface area (Å²) >= 11 is 2.66. The Hall–Kier alpha value is -1.28. The van der Waals surface area contributed by atoms with Crippen molar-refractivity contribution in [3.05, 3.63) is 11.3 Å². The summed E-state index contributed by atoms with van der Waals surface area (Å²) in [6.45, 7) is 4.31. The van der Waals surface area contributed by atoms with E-state index >= 15 is 0 Å². The second-order valence-corrected chi connectivity index (χ2v) is 7.04. The number of carbonyl (C=O) groups is 2. The van der Waals surface area contributed by atoms with Crippen molar-refractivity contribution < 1.29 is 19.1 Å². The number of aromatic nitrogens is 2. The van der Waals surface area contributed by atoms with Crippen molar-refractivity contribution in [2.45, 2.75) is 49.7 Å². The Morgan fingerprint density at radius 2 is 1.58 bits per heavy atom. The van der Waals surface area contributed by atoms with Gasteiger partial charge in [-0.2, -0.15) is 0 Å². The fraction of sp³-hybridized carbons (Fsp3) is 0.625. The van der Waals surface area contributed by atoms with Gasteiger partial charge in [0.25, 0.3) is 0 Å². The number of thioether (sulfide) groups is 2.